The Labute approximate surface area is 125 Å². The Balaban J connectivity index is 1.90. The van der Waals surface area contributed by atoms with Crippen LogP contribution in [0.15, 0.2) is 36.4 Å². The molecule has 0 amide bonds. The summed E-state index contributed by atoms with van der Waals surface area (Å²) in [4.78, 5) is 13.5. The van der Waals surface area contributed by atoms with Gasteiger partial charge in [0.2, 0.25) is 0 Å². The Bertz CT molecular complexity index is 596. The molecule has 0 radical (unpaired) electrons. The van der Waals surface area contributed by atoms with Crippen molar-refractivity contribution in [1.29, 1.82) is 0 Å². The third-order valence-electron chi connectivity index (χ3n) is 3.63. The highest BCUT2D eigenvalue weighted by Gasteiger charge is 2.15. The van der Waals surface area contributed by atoms with Gasteiger partial charge in [0.25, 0.3) is 0 Å². The lowest BCUT2D eigenvalue weighted by atomic mass is 10.3. The second-order valence-electron chi connectivity index (χ2n) is 5.13. The van der Waals surface area contributed by atoms with Gasteiger partial charge in [0, 0.05) is 31.9 Å². The summed E-state index contributed by atoms with van der Waals surface area (Å²) in [5.74, 6) is 2.68. The maximum Gasteiger partial charge on any atom is 0.138 e. The van der Waals surface area contributed by atoms with Crippen LogP contribution >= 0.6 is 0 Å². The highest BCUT2D eigenvalue weighted by Crippen LogP contribution is 2.25. The molecule has 0 spiro atoms. The fourth-order valence-electron chi connectivity index (χ4n) is 2.45. The molecule has 5 nitrogen and oxygen atoms in total. The van der Waals surface area contributed by atoms with E-state index in [1.807, 2.05) is 38.2 Å². The topological polar surface area (TPSA) is 41.5 Å². The zero-order valence-electron chi connectivity index (χ0n) is 12.5. The summed E-state index contributed by atoms with van der Waals surface area (Å²) in [5.41, 5.74) is 1.11. The van der Waals surface area contributed by atoms with Gasteiger partial charge in [-0.1, -0.05) is 18.2 Å². The number of para-hydroxylation sites is 1. The van der Waals surface area contributed by atoms with Gasteiger partial charge in [-0.2, -0.15) is 0 Å². The monoisotopic (exact) mass is 284 g/mol. The second kappa shape index (κ2) is 6.10. The van der Waals surface area contributed by atoms with E-state index in [-0.39, 0.29) is 0 Å². The summed E-state index contributed by atoms with van der Waals surface area (Å²) in [6, 6.07) is 12.3. The van der Waals surface area contributed by atoms with Gasteiger partial charge in [0.15, 0.2) is 0 Å². The van der Waals surface area contributed by atoms with Gasteiger partial charge >= 0.3 is 0 Å². The number of aryl methyl sites for hydroxylation is 1. The molecule has 1 aliphatic rings. The van der Waals surface area contributed by atoms with Gasteiger partial charge < -0.3 is 14.5 Å². The highest BCUT2D eigenvalue weighted by atomic mass is 16.5. The first kappa shape index (κ1) is 13.8. The number of hydrogen-bond acceptors (Lipinski definition) is 5. The lowest BCUT2D eigenvalue weighted by molar-refractivity contribution is 0.122. The minimum atomic E-state index is 0.757. The molecule has 0 aliphatic carbocycles. The summed E-state index contributed by atoms with van der Waals surface area (Å²) in [5, 5.41) is 0. The lowest BCUT2D eigenvalue weighted by Crippen LogP contribution is -2.37. The molecule has 0 bridgehead atoms. The van der Waals surface area contributed by atoms with E-state index in [4.69, 9.17) is 4.74 Å². The fraction of sp³-hybridized carbons (Fsp3) is 0.375. The van der Waals surface area contributed by atoms with E-state index in [0.717, 1.165) is 49.5 Å². The Morgan fingerprint density at radius 3 is 2.52 bits per heavy atom. The molecule has 1 aromatic heterocycles. The number of rotatable bonds is 3. The Morgan fingerprint density at radius 1 is 1.10 bits per heavy atom. The molecule has 0 saturated carbocycles. The van der Waals surface area contributed by atoms with Crippen LogP contribution in [0.4, 0.5) is 17.3 Å². The molecule has 0 unspecified atom stereocenters. The van der Waals surface area contributed by atoms with Crippen molar-refractivity contribution in [3.05, 3.63) is 42.2 Å². The van der Waals surface area contributed by atoms with Crippen LogP contribution in [-0.4, -0.2) is 43.3 Å². The minimum absolute atomic E-state index is 0.757. The number of ether oxygens (including phenoxy) is 1. The average Bonchev–Trinajstić information content (AvgIpc) is 2.55. The summed E-state index contributed by atoms with van der Waals surface area (Å²) in [7, 11) is 2.03. The minimum Gasteiger partial charge on any atom is -0.378 e. The maximum atomic E-state index is 5.40. The highest BCUT2D eigenvalue weighted by molar-refractivity contribution is 5.62. The van der Waals surface area contributed by atoms with Crippen LogP contribution < -0.4 is 9.80 Å². The zero-order chi connectivity index (χ0) is 14.7. The van der Waals surface area contributed by atoms with E-state index in [1.165, 1.54) is 0 Å². The van der Waals surface area contributed by atoms with Crippen molar-refractivity contribution >= 4 is 17.3 Å². The molecule has 2 aromatic rings. The number of aromatic nitrogens is 2. The van der Waals surface area contributed by atoms with Crippen molar-refractivity contribution in [2.45, 2.75) is 6.92 Å². The Morgan fingerprint density at radius 2 is 1.81 bits per heavy atom. The molecular formula is C16H20N4O. The predicted molar refractivity (Wildman–Crippen MR) is 84.3 cm³/mol. The van der Waals surface area contributed by atoms with Crippen LogP contribution in [0.2, 0.25) is 0 Å². The molecule has 1 fully saturated rings. The average molecular weight is 284 g/mol. The fourth-order valence-corrected chi connectivity index (χ4v) is 2.45. The van der Waals surface area contributed by atoms with Crippen molar-refractivity contribution in [3.8, 4) is 0 Å². The van der Waals surface area contributed by atoms with Gasteiger partial charge in [-0.05, 0) is 19.1 Å². The Hall–Kier alpha value is -2.14. The Kier molecular flexibility index (Phi) is 4.01. The van der Waals surface area contributed by atoms with E-state index < -0.39 is 0 Å². The molecule has 3 rings (SSSR count). The molecule has 1 aliphatic heterocycles. The van der Waals surface area contributed by atoms with Gasteiger partial charge in [-0.25, -0.2) is 9.97 Å². The number of anilines is 3. The summed E-state index contributed by atoms with van der Waals surface area (Å²) < 4.78 is 5.40. The third-order valence-corrected chi connectivity index (χ3v) is 3.63. The predicted octanol–water partition coefficient (Wildman–Crippen LogP) is 2.39. The molecule has 1 aromatic carbocycles. The quantitative estimate of drug-likeness (QED) is 0.865. The van der Waals surface area contributed by atoms with E-state index >= 15 is 0 Å². The molecule has 21 heavy (non-hydrogen) atoms. The van der Waals surface area contributed by atoms with Crippen LogP contribution in [-0.2, 0) is 4.74 Å². The third kappa shape index (κ3) is 3.13. The van der Waals surface area contributed by atoms with Gasteiger partial charge in [0.05, 0.1) is 13.2 Å². The smallest absolute Gasteiger partial charge is 0.138 e. The molecular weight excluding hydrogens is 264 g/mol. The van der Waals surface area contributed by atoms with E-state index in [9.17, 15) is 0 Å². The van der Waals surface area contributed by atoms with E-state index in [0.29, 0.717) is 0 Å². The summed E-state index contributed by atoms with van der Waals surface area (Å²) in [6.45, 7) is 5.21. The van der Waals surface area contributed by atoms with Gasteiger partial charge in [-0.15, -0.1) is 0 Å². The lowest BCUT2D eigenvalue weighted by Gasteiger charge is -2.29. The largest absolute Gasteiger partial charge is 0.378 e. The van der Waals surface area contributed by atoms with Crippen LogP contribution in [0.25, 0.3) is 0 Å². The molecule has 5 heteroatoms. The first-order valence-electron chi connectivity index (χ1n) is 7.21. The van der Waals surface area contributed by atoms with E-state index in [1.54, 1.807) is 0 Å². The van der Waals surface area contributed by atoms with Crippen LogP contribution in [0, 0.1) is 6.92 Å². The van der Waals surface area contributed by atoms with Crippen molar-refractivity contribution < 1.29 is 4.74 Å². The first-order valence-corrected chi connectivity index (χ1v) is 7.21. The van der Waals surface area contributed by atoms with Crippen LogP contribution in [0.5, 0.6) is 0 Å². The number of morpholine rings is 1. The molecule has 110 valence electrons. The normalized spacial score (nSPS) is 15.0. The number of hydrogen-bond donors (Lipinski definition) is 0. The SMILES string of the molecule is Cc1nc(N2CCOCC2)cc(N(C)c2ccccc2)n1. The molecule has 2 heterocycles. The van der Waals surface area contributed by atoms with Crippen LogP contribution in [0.3, 0.4) is 0 Å². The maximum absolute atomic E-state index is 5.40. The zero-order valence-corrected chi connectivity index (χ0v) is 12.5. The summed E-state index contributed by atoms with van der Waals surface area (Å²) >= 11 is 0. The van der Waals surface area contributed by atoms with Crippen molar-refractivity contribution in [2.24, 2.45) is 0 Å². The van der Waals surface area contributed by atoms with Crippen LogP contribution in [0.1, 0.15) is 5.82 Å². The number of nitrogens with zero attached hydrogens (tertiary/aromatic N) is 4. The van der Waals surface area contributed by atoms with Crippen molar-refractivity contribution in [3.63, 3.8) is 0 Å². The summed E-state index contributed by atoms with van der Waals surface area (Å²) in [6.07, 6.45) is 0. The van der Waals surface area contributed by atoms with E-state index in [2.05, 4.69) is 31.9 Å². The number of benzene rings is 1. The van der Waals surface area contributed by atoms with Gasteiger partial charge in [-0.3, -0.25) is 0 Å². The van der Waals surface area contributed by atoms with Gasteiger partial charge in [0.1, 0.15) is 17.5 Å². The van der Waals surface area contributed by atoms with Crippen molar-refractivity contribution in [2.75, 3.05) is 43.2 Å². The first-order chi connectivity index (χ1) is 10.2. The standard InChI is InChI=1S/C16H20N4O/c1-13-17-15(19(2)14-6-4-3-5-7-14)12-16(18-13)20-8-10-21-11-9-20/h3-7,12H,8-11H2,1-2H3. The molecule has 0 N–H and O–H groups in total. The molecule has 0 atom stereocenters. The van der Waals surface area contributed by atoms with Crippen molar-refractivity contribution in [1.82, 2.24) is 9.97 Å². The molecule has 1 saturated heterocycles. The second-order valence-corrected chi connectivity index (χ2v) is 5.13.